The van der Waals surface area contributed by atoms with Crippen LogP contribution in [-0.4, -0.2) is 43.2 Å². The van der Waals surface area contributed by atoms with Gasteiger partial charge in [0.25, 0.3) is 5.91 Å². The highest BCUT2D eigenvalue weighted by Gasteiger charge is 2.16. The summed E-state index contributed by atoms with van der Waals surface area (Å²) in [6.07, 6.45) is 0. The van der Waals surface area contributed by atoms with Gasteiger partial charge in [-0.25, -0.2) is 4.79 Å². The van der Waals surface area contributed by atoms with Crippen molar-refractivity contribution in [2.45, 2.75) is 13.8 Å². The van der Waals surface area contributed by atoms with Crippen molar-refractivity contribution in [3.63, 3.8) is 0 Å². The van der Waals surface area contributed by atoms with Gasteiger partial charge in [0, 0.05) is 11.8 Å². The molecule has 0 aromatic heterocycles. The predicted molar refractivity (Wildman–Crippen MR) is 102 cm³/mol. The molecule has 148 valence electrons. The minimum Gasteiger partial charge on any atom is -0.507 e. The molecule has 2 aromatic carbocycles. The summed E-state index contributed by atoms with van der Waals surface area (Å²) in [6, 6.07) is 9.69. The van der Waals surface area contributed by atoms with Crippen LogP contribution >= 0.6 is 0 Å². The number of hydrogen-bond acceptors (Lipinski definition) is 6. The number of phenols is 1. The SMILES string of the molecule is COc1ccc(C(=O)OCC(=O)NCC(=O)Nc2c(C)cccc2C)c(O)c1. The first kappa shape index (κ1) is 20.8. The van der Waals surface area contributed by atoms with Gasteiger partial charge in [-0.1, -0.05) is 18.2 Å². The van der Waals surface area contributed by atoms with Crippen molar-refractivity contribution in [3.05, 3.63) is 53.1 Å². The van der Waals surface area contributed by atoms with E-state index in [1.54, 1.807) is 0 Å². The first-order chi connectivity index (χ1) is 13.3. The van der Waals surface area contributed by atoms with Crippen molar-refractivity contribution in [2.24, 2.45) is 0 Å². The summed E-state index contributed by atoms with van der Waals surface area (Å²) in [4.78, 5) is 35.8. The third kappa shape index (κ3) is 5.47. The van der Waals surface area contributed by atoms with E-state index in [0.717, 1.165) is 11.1 Å². The normalized spacial score (nSPS) is 10.1. The zero-order chi connectivity index (χ0) is 20.7. The van der Waals surface area contributed by atoms with Crippen molar-refractivity contribution in [3.8, 4) is 11.5 Å². The molecule has 3 N–H and O–H groups in total. The molecule has 8 nitrogen and oxygen atoms in total. The Labute approximate surface area is 162 Å². The quantitative estimate of drug-likeness (QED) is 0.627. The van der Waals surface area contributed by atoms with E-state index >= 15 is 0 Å². The Morgan fingerprint density at radius 3 is 2.32 bits per heavy atom. The zero-order valence-corrected chi connectivity index (χ0v) is 15.9. The number of para-hydroxylation sites is 1. The van der Waals surface area contributed by atoms with Gasteiger partial charge in [-0.05, 0) is 37.1 Å². The Balaban J connectivity index is 1.81. The molecule has 0 spiro atoms. The van der Waals surface area contributed by atoms with E-state index in [0.29, 0.717) is 11.4 Å². The van der Waals surface area contributed by atoms with Gasteiger partial charge in [0.05, 0.1) is 13.7 Å². The van der Waals surface area contributed by atoms with E-state index in [4.69, 9.17) is 9.47 Å². The van der Waals surface area contributed by atoms with Gasteiger partial charge < -0.3 is 25.2 Å². The van der Waals surface area contributed by atoms with Crippen molar-refractivity contribution >= 4 is 23.5 Å². The molecular formula is C20H22N2O6. The van der Waals surface area contributed by atoms with Gasteiger partial charge in [-0.2, -0.15) is 0 Å². The molecular weight excluding hydrogens is 364 g/mol. The maximum absolute atomic E-state index is 12.0. The number of esters is 1. The lowest BCUT2D eigenvalue weighted by Gasteiger charge is -2.12. The van der Waals surface area contributed by atoms with Crippen molar-refractivity contribution in [1.82, 2.24) is 5.32 Å². The van der Waals surface area contributed by atoms with Crippen LogP contribution in [0.4, 0.5) is 5.69 Å². The van der Waals surface area contributed by atoms with Gasteiger partial charge in [0.1, 0.15) is 17.1 Å². The Morgan fingerprint density at radius 1 is 1.04 bits per heavy atom. The summed E-state index contributed by atoms with van der Waals surface area (Å²) in [5.74, 6) is -1.85. The molecule has 0 atom stereocenters. The second-order valence-corrected chi connectivity index (χ2v) is 6.05. The van der Waals surface area contributed by atoms with Gasteiger partial charge in [-0.3, -0.25) is 9.59 Å². The molecule has 2 amide bonds. The number of methoxy groups -OCH3 is 1. The van der Waals surface area contributed by atoms with Crippen molar-refractivity contribution < 1.29 is 29.0 Å². The van der Waals surface area contributed by atoms with Crippen LogP contribution in [0.1, 0.15) is 21.5 Å². The molecule has 0 aliphatic carbocycles. The van der Waals surface area contributed by atoms with E-state index in [9.17, 15) is 19.5 Å². The van der Waals surface area contributed by atoms with Gasteiger partial charge in [-0.15, -0.1) is 0 Å². The Bertz CT molecular complexity index is 874. The van der Waals surface area contributed by atoms with E-state index in [1.165, 1.54) is 25.3 Å². The molecule has 0 unspecified atom stereocenters. The lowest BCUT2D eigenvalue weighted by atomic mass is 10.1. The van der Waals surface area contributed by atoms with Crippen LogP contribution < -0.4 is 15.4 Å². The third-order valence-electron chi connectivity index (χ3n) is 3.95. The maximum atomic E-state index is 12.0. The lowest BCUT2D eigenvalue weighted by Crippen LogP contribution is -2.35. The highest BCUT2D eigenvalue weighted by molar-refractivity contribution is 5.97. The third-order valence-corrected chi connectivity index (χ3v) is 3.95. The topological polar surface area (TPSA) is 114 Å². The van der Waals surface area contributed by atoms with Crippen LogP contribution in [0.5, 0.6) is 11.5 Å². The van der Waals surface area contributed by atoms with Crippen LogP contribution in [0.15, 0.2) is 36.4 Å². The first-order valence-electron chi connectivity index (χ1n) is 8.48. The highest BCUT2D eigenvalue weighted by atomic mass is 16.5. The molecule has 0 bridgehead atoms. The Kier molecular flexibility index (Phi) is 6.97. The predicted octanol–water partition coefficient (Wildman–Crippen LogP) is 1.93. The number of anilines is 1. The van der Waals surface area contributed by atoms with Crippen molar-refractivity contribution in [1.29, 1.82) is 0 Å². The molecule has 0 fully saturated rings. The highest BCUT2D eigenvalue weighted by Crippen LogP contribution is 2.24. The molecule has 0 saturated heterocycles. The van der Waals surface area contributed by atoms with Gasteiger partial charge in [0.2, 0.25) is 5.91 Å². The second-order valence-electron chi connectivity index (χ2n) is 6.05. The minimum atomic E-state index is -0.865. The summed E-state index contributed by atoms with van der Waals surface area (Å²) in [7, 11) is 1.42. The van der Waals surface area contributed by atoms with E-state index in [-0.39, 0.29) is 17.9 Å². The number of hydrogen-bond donors (Lipinski definition) is 3. The molecule has 0 aliphatic rings. The average molecular weight is 386 g/mol. The molecule has 0 radical (unpaired) electrons. The maximum Gasteiger partial charge on any atom is 0.342 e. The Morgan fingerprint density at radius 2 is 1.71 bits per heavy atom. The zero-order valence-electron chi connectivity index (χ0n) is 15.9. The fraction of sp³-hybridized carbons (Fsp3) is 0.250. The van der Waals surface area contributed by atoms with Gasteiger partial charge >= 0.3 is 5.97 Å². The number of aryl methyl sites for hydroxylation is 2. The van der Waals surface area contributed by atoms with Crippen molar-refractivity contribution in [2.75, 3.05) is 25.6 Å². The second kappa shape index (κ2) is 9.40. The van der Waals surface area contributed by atoms with Crippen LogP contribution in [-0.2, 0) is 14.3 Å². The number of ether oxygens (including phenoxy) is 2. The van der Waals surface area contributed by atoms with Gasteiger partial charge in [0.15, 0.2) is 6.61 Å². The number of phenolic OH excluding ortho intramolecular Hbond substituents is 1. The lowest BCUT2D eigenvalue weighted by molar-refractivity contribution is -0.126. The largest absolute Gasteiger partial charge is 0.507 e. The molecule has 0 heterocycles. The number of rotatable bonds is 7. The number of carbonyl (C=O) groups is 3. The molecule has 2 rings (SSSR count). The number of aromatic hydroxyl groups is 1. The summed E-state index contributed by atoms with van der Waals surface area (Å²) in [5.41, 5.74) is 2.42. The number of carbonyl (C=O) groups excluding carboxylic acids is 3. The van der Waals surface area contributed by atoms with Crippen LogP contribution in [0.25, 0.3) is 0 Å². The monoisotopic (exact) mass is 386 g/mol. The summed E-state index contributed by atoms with van der Waals surface area (Å²) in [5, 5.41) is 14.9. The first-order valence-corrected chi connectivity index (χ1v) is 8.48. The van der Waals surface area contributed by atoms with Crippen LogP contribution in [0.3, 0.4) is 0 Å². The van der Waals surface area contributed by atoms with E-state index < -0.39 is 24.4 Å². The molecule has 0 saturated carbocycles. The average Bonchev–Trinajstić information content (AvgIpc) is 2.67. The summed E-state index contributed by atoms with van der Waals surface area (Å²) >= 11 is 0. The standard InChI is InChI=1S/C20H22N2O6/c1-12-5-4-6-13(2)19(12)22-17(24)10-21-18(25)11-28-20(26)15-8-7-14(27-3)9-16(15)23/h4-9,23H,10-11H2,1-3H3,(H,21,25)(H,22,24). The van der Waals surface area contributed by atoms with E-state index in [1.807, 2.05) is 32.0 Å². The van der Waals surface area contributed by atoms with Crippen LogP contribution in [0.2, 0.25) is 0 Å². The molecule has 8 heteroatoms. The smallest absolute Gasteiger partial charge is 0.342 e. The molecule has 2 aromatic rings. The summed E-state index contributed by atoms with van der Waals surface area (Å²) < 4.78 is 9.77. The molecule has 28 heavy (non-hydrogen) atoms. The van der Waals surface area contributed by atoms with E-state index in [2.05, 4.69) is 10.6 Å². The summed E-state index contributed by atoms with van der Waals surface area (Å²) in [6.45, 7) is 2.89. The number of nitrogens with one attached hydrogen (secondary N) is 2. The van der Waals surface area contributed by atoms with Crippen LogP contribution in [0, 0.1) is 13.8 Å². The molecule has 0 aliphatic heterocycles. The Hall–Kier alpha value is -3.55. The number of benzene rings is 2. The number of amides is 2. The minimum absolute atomic E-state index is 0.0960. The fourth-order valence-corrected chi connectivity index (χ4v) is 2.45. The fourth-order valence-electron chi connectivity index (χ4n) is 2.45.